The van der Waals surface area contributed by atoms with E-state index in [0.29, 0.717) is 24.1 Å². The average Bonchev–Trinajstić information content (AvgIpc) is 3.52. The lowest BCUT2D eigenvalue weighted by Gasteiger charge is -2.17. The molecule has 1 aliphatic rings. The first-order chi connectivity index (χ1) is 21.0. The third-order valence-corrected chi connectivity index (χ3v) is 8.47. The Kier molecular flexibility index (Phi) is 8.59. The highest BCUT2D eigenvalue weighted by molar-refractivity contribution is 5.99. The van der Waals surface area contributed by atoms with Gasteiger partial charge >= 0.3 is 6.01 Å². The molecule has 0 amide bonds. The molecule has 43 heavy (non-hydrogen) atoms. The van der Waals surface area contributed by atoms with Crippen LogP contribution in [0, 0.1) is 5.92 Å². The van der Waals surface area contributed by atoms with E-state index in [1.54, 1.807) is 0 Å². The average molecular weight is 578 g/mol. The summed E-state index contributed by atoms with van der Waals surface area (Å²) in [7, 11) is 0. The Morgan fingerprint density at radius 1 is 0.791 bits per heavy atom. The predicted molar refractivity (Wildman–Crippen MR) is 171 cm³/mol. The monoisotopic (exact) mass is 577 g/mol. The summed E-state index contributed by atoms with van der Waals surface area (Å²) in [5.74, 6) is 1.06. The van der Waals surface area contributed by atoms with Crippen LogP contribution >= 0.6 is 0 Å². The molecule has 0 radical (unpaired) electrons. The molecule has 0 aliphatic heterocycles. The number of hydrogen-bond donors (Lipinski definition) is 2. The molecule has 0 saturated heterocycles. The fraction of sp³-hybridized carbons (Fsp3) is 0.361. The quantitative estimate of drug-likeness (QED) is 0.151. The van der Waals surface area contributed by atoms with Gasteiger partial charge in [-0.1, -0.05) is 69.5 Å². The summed E-state index contributed by atoms with van der Waals surface area (Å²) >= 11 is 0. The summed E-state index contributed by atoms with van der Waals surface area (Å²) in [4.78, 5) is 14.0. The van der Waals surface area contributed by atoms with Crippen LogP contribution in [0.25, 0.3) is 44.3 Å². The Bertz CT molecular complexity index is 1710. The molecule has 6 rings (SSSR count). The molecular weight excluding hydrogens is 538 g/mol. The SMILES string of the molecule is CCCCC(CC)COc1cc(O)c(-c2nc(OC3CCCC3)nc(-c3ccc4cc5ccccc5cc4c3)n2)c(O)c1. The number of nitrogens with zero attached hydrogens (tertiary/aromatic N) is 3. The van der Waals surface area contributed by atoms with Crippen molar-refractivity contribution in [2.75, 3.05) is 6.61 Å². The molecule has 7 heteroatoms. The Morgan fingerprint density at radius 2 is 1.47 bits per heavy atom. The molecule has 0 spiro atoms. The fourth-order valence-electron chi connectivity index (χ4n) is 5.90. The minimum absolute atomic E-state index is 0.0308. The van der Waals surface area contributed by atoms with Crippen molar-refractivity contribution in [1.82, 2.24) is 15.0 Å². The van der Waals surface area contributed by atoms with Gasteiger partial charge in [0.15, 0.2) is 11.6 Å². The molecule has 1 unspecified atom stereocenters. The van der Waals surface area contributed by atoms with Gasteiger partial charge in [-0.3, -0.25) is 0 Å². The van der Waals surface area contributed by atoms with Crippen LogP contribution in [0.2, 0.25) is 0 Å². The third-order valence-electron chi connectivity index (χ3n) is 8.47. The zero-order valence-electron chi connectivity index (χ0n) is 24.9. The molecule has 5 aromatic rings. The van der Waals surface area contributed by atoms with Gasteiger partial charge in [0.25, 0.3) is 0 Å². The van der Waals surface area contributed by atoms with Crippen LogP contribution in [-0.4, -0.2) is 37.9 Å². The number of fused-ring (bicyclic) bond motifs is 2. The van der Waals surface area contributed by atoms with Crippen LogP contribution in [0.1, 0.15) is 65.2 Å². The lowest BCUT2D eigenvalue weighted by atomic mass is 10.0. The third kappa shape index (κ3) is 6.51. The maximum Gasteiger partial charge on any atom is 0.320 e. The molecule has 4 aromatic carbocycles. The van der Waals surface area contributed by atoms with Crippen molar-refractivity contribution in [3.05, 3.63) is 66.7 Å². The van der Waals surface area contributed by atoms with Gasteiger partial charge in [-0.2, -0.15) is 9.97 Å². The van der Waals surface area contributed by atoms with Gasteiger partial charge in [0, 0.05) is 17.7 Å². The van der Waals surface area contributed by atoms with Gasteiger partial charge in [-0.25, -0.2) is 4.98 Å². The second-order valence-corrected chi connectivity index (χ2v) is 11.6. The van der Waals surface area contributed by atoms with E-state index in [4.69, 9.17) is 14.5 Å². The number of rotatable bonds is 11. The first-order valence-corrected chi connectivity index (χ1v) is 15.6. The van der Waals surface area contributed by atoms with Gasteiger partial charge < -0.3 is 19.7 Å². The van der Waals surface area contributed by atoms with E-state index in [0.717, 1.165) is 73.1 Å². The minimum atomic E-state index is -0.162. The summed E-state index contributed by atoms with van der Waals surface area (Å²) in [6.07, 6.45) is 8.52. The Morgan fingerprint density at radius 3 is 2.16 bits per heavy atom. The predicted octanol–water partition coefficient (Wildman–Crippen LogP) is 8.84. The van der Waals surface area contributed by atoms with E-state index in [1.165, 1.54) is 17.5 Å². The van der Waals surface area contributed by atoms with Crippen molar-refractivity contribution in [3.8, 4) is 46.0 Å². The molecule has 2 N–H and O–H groups in total. The Balaban J connectivity index is 1.36. The summed E-state index contributed by atoms with van der Waals surface area (Å²) in [5.41, 5.74) is 0.913. The highest BCUT2D eigenvalue weighted by Gasteiger charge is 2.23. The first kappa shape index (κ1) is 28.7. The minimum Gasteiger partial charge on any atom is -0.507 e. The van der Waals surface area contributed by atoms with Crippen molar-refractivity contribution in [2.45, 2.75) is 71.3 Å². The van der Waals surface area contributed by atoms with Gasteiger partial charge in [0.1, 0.15) is 28.9 Å². The molecule has 1 fully saturated rings. The Labute approximate surface area is 252 Å². The number of hydrogen-bond acceptors (Lipinski definition) is 7. The number of benzene rings is 4. The highest BCUT2D eigenvalue weighted by Crippen LogP contribution is 2.40. The van der Waals surface area contributed by atoms with E-state index >= 15 is 0 Å². The summed E-state index contributed by atoms with van der Waals surface area (Å²) in [5, 5.41) is 26.7. The second kappa shape index (κ2) is 12.9. The largest absolute Gasteiger partial charge is 0.507 e. The van der Waals surface area contributed by atoms with Gasteiger partial charge in [-0.05, 0) is 77.8 Å². The normalized spacial score (nSPS) is 14.4. The zero-order chi connectivity index (χ0) is 29.8. The maximum absolute atomic E-state index is 11.1. The van der Waals surface area contributed by atoms with Crippen LogP contribution in [-0.2, 0) is 0 Å². The van der Waals surface area contributed by atoms with Crippen LogP contribution < -0.4 is 9.47 Å². The number of phenolic OH excluding ortho intramolecular Hbond substituents is 2. The van der Waals surface area contributed by atoms with Crippen molar-refractivity contribution < 1.29 is 19.7 Å². The summed E-state index contributed by atoms with van der Waals surface area (Å²) in [6.45, 7) is 4.87. The molecule has 1 aromatic heterocycles. The number of aromatic nitrogens is 3. The van der Waals surface area contributed by atoms with Crippen molar-refractivity contribution in [3.63, 3.8) is 0 Å². The van der Waals surface area contributed by atoms with Crippen LogP contribution in [0.4, 0.5) is 0 Å². The number of aromatic hydroxyl groups is 2. The molecule has 1 saturated carbocycles. The highest BCUT2D eigenvalue weighted by atomic mass is 16.5. The second-order valence-electron chi connectivity index (χ2n) is 11.6. The lowest BCUT2D eigenvalue weighted by Crippen LogP contribution is -2.14. The van der Waals surface area contributed by atoms with Crippen LogP contribution in [0.15, 0.2) is 66.7 Å². The van der Waals surface area contributed by atoms with E-state index < -0.39 is 0 Å². The molecule has 0 bridgehead atoms. The van der Waals surface area contributed by atoms with Gasteiger partial charge in [-0.15, -0.1) is 0 Å². The summed E-state index contributed by atoms with van der Waals surface area (Å²) < 4.78 is 12.2. The molecule has 222 valence electrons. The van der Waals surface area contributed by atoms with E-state index in [1.807, 2.05) is 18.2 Å². The van der Waals surface area contributed by atoms with Crippen molar-refractivity contribution in [1.29, 1.82) is 0 Å². The summed E-state index contributed by atoms with van der Waals surface area (Å²) in [6, 6.07) is 21.9. The molecule has 1 atom stereocenters. The molecule has 7 nitrogen and oxygen atoms in total. The Hall–Kier alpha value is -4.39. The van der Waals surface area contributed by atoms with E-state index in [2.05, 4.69) is 60.2 Å². The van der Waals surface area contributed by atoms with Crippen LogP contribution in [0.5, 0.6) is 23.3 Å². The number of unbranched alkanes of at least 4 members (excludes halogenated alkanes) is 1. The van der Waals surface area contributed by atoms with E-state index in [9.17, 15) is 10.2 Å². The maximum atomic E-state index is 11.1. The van der Waals surface area contributed by atoms with Gasteiger partial charge in [0.05, 0.1) is 6.61 Å². The standard InChI is InChI=1S/C36H39N3O4/c1-3-5-10-23(4-2)22-42-30-20-31(40)33(32(41)21-30)35-37-34(38-36(39-35)43-29-13-8-9-14-29)27-16-15-26-17-24-11-6-7-12-25(24)18-28(26)19-27/h6-7,11-12,15-21,23,29,40-41H,3-5,8-10,13-14,22H2,1-2H3. The number of ether oxygens (including phenoxy) is 2. The lowest BCUT2D eigenvalue weighted by molar-refractivity contribution is 0.192. The van der Waals surface area contributed by atoms with Crippen molar-refractivity contribution >= 4 is 21.5 Å². The van der Waals surface area contributed by atoms with Gasteiger partial charge in [0.2, 0.25) is 0 Å². The molecular formula is C36H39N3O4. The van der Waals surface area contributed by atoms with Crippen LogP contribution in [0.3, 0.4) is 0 Å². The topological polar surface area (TPSA) is 97.6 Å². The molecule has 1 aliphatic carbocycles. The smallest absolute Gasteiger partial charge is 0.320 e. The van der Waals surface area contributed by atoms with Crippen molar-refractivity contribution in [2.24, 2.45) is 5.92 Å². The number of phenols is 2. The first-order valence-electron chi connectivity index (χ1n) is 15.6. The zero-order valence-corrected chi connectivity index (χ0v) is 24.9. The molecule has 1 heterocycles. The van der Waals surface area contributed by atoms with E-state index in [-0.39, 0.29) is 35.0 Å². The fourth-order valence-corrected chi connectivity index (χ4v) is 5.90.